The quantitative estimate of drug-likeness (QED) is 0.735. The van der Waals surface area contributed by atoms with Crippen molar-refractivity contribution in [2.45, 2.75) is 32.9 Å². The van der Waals surface area contributed by atoms with Crippen molar-refractivity contribution in [3.63, 3.8) is 0 Å². The first kappa shape index (κ1) is 18.8. The first-order chi connectivity index (χ1) is 11.6. The molecule has 0 heterocycles. The van der Waals surface area contributed by atoms with E-state index in [1.165, 1.54) is 6.92 Å². The van der Waals surface area contributed by atoms with Crippen LogP contribution in [0.1, 0.15) is 29.2 Å². The lowest BCUT2D eigenvalue weighted by molar-refractivity contribution is -0.140. The van der Waals surface area contributed by atoms with Crippen molar-refractivity contribution >= 4 is 17.3 Å². The van der Waals surface area contributed by atoms with Crippen molar-refractivity contribution in [1.82, 2.24) is 0 Å². The fourth-order valence-electron chi connectivity index (χ4n) is 2.48. The highest BCUT2D eigenvalue weighted by molar-refractivity contribution is 5.76. The zero-order valence-corrected chi connectivity index (χ0v) is 13.7. The highest BCUT2D eigenvalue weighted by Gasteiger charge is 2.35. The Labute approximate surface area is 142 Å². The minimum absolute atomic E-state index is 0.154. The van der Waals surface area contributed by atoms with E-state index in [-0.39, 0.29) is 17.7 Å². The number of nitrogens with one attached hydrogen (secondary N) is 1. The van der Waals surface area contributed by atoms with E-state index in [1.807, 2.05) is 6.92 Å². The normalized spacial score (nSPS) is 11.4. The Morgan fingerprint density at radius 3 is 2.36 bits per heavy atom. The number of benzene rings is 2. The molecular formula is C18H17F4NO2. The molecule has 2 aromatic carbocycles. The van der Waals surface area contributed by atoms with Gasteiger partial charge in [-0.05, 0) is 42.7 Å². The van der Waals surface area contributed by atoms with Gasteiger partial charge in [0.1, 0.15) is 5.82 Å². The summed E-state index contributed by atoms with van der Waals surface area (Å²) in [6, 6.07) is 6.95. The van der Waals surface area contributed by atoms with Crippen LogP contribution in [0.3, 0.4) is 0 Å². The maximum absolute atomic E-state index is 14.0. The van der Waals surface area contributed by atoms with Crippen molar-refractivity contribution in [1.29, 1.82) is 0 Å². The zero-order chi connectivity index (χ0) is 18.8. The molecule has 0 radical (unpaired) electrons. The largest absolute Gasteiger partial charge is 0.481 e. The molecule has 0 atom stereocenters. The fourth-order valence-corrected chi connectivity index (χ4v) is 2.48. The second-order valence-electron chi connectivity index (χ2n) is 5.64. The molecule has 0 unspecified atom stereocenters. The van der Waals surface area contributed by atoms with E-state index in [0.717, 1.165) is 11.6 Å². The van der Waals surface area contributed by atoms with Gasteiger partial charge < -0.3 is 10.4 Å². The molecule has 134 valence electrons. The van der Waals surface area contributed by atoms with Crippen LogP contribution in [0, 0.1) is 12.7 Å². The van der Waals surface area contributed by atoms with E-state index in [1.54, 1.807) is 18.2 Å². The van der Waals surface area contributed by atoms with Gasteiger partial charge >= 0.3 is 12.1 Å². The highest BCUT2D eigenvalue weighted by atomic mass is 19.4. The Bertz CT molecular complexity index is 800. The third-order valence-corrected chi connectivity index (χ3v) is 3.88. The van der Waals surface area contributed by atoms with Gasteiger partial charge in [-0.2, -0.15) is 13.2 Å². The van der Waals surface area contributed by atoms with Crippen molar-refractivity contribution < 1.29 is 27.5 Å². The fraction of sp³-hybridized carbons (Fsp3) is 0.278. The third kappa shape index (κ3) is 4.29. The molecule has 0 spiro atoms. The van der Waals surface area contributed by atoms with E-state index in [2.05, 4.69) is 5.32 Å². The van der Waals surface area contributed by atoms with Gasteiger partial charge in [-0.25, -0.2) is 4.39 Å². The molecule has 2 N–H and O–H groups in total. The van der Waals surface area contributed by atoms with Crippen molar-refractivity contribution in [3.8, 4) is 0 Å². The lowest BCUT2D eigenvalue weighted by Crippen LogP contribution is -2.11. The molecule has 0 aliphatic carbocycles. The number of carbonyl (C=O) groups is 1. The third-order valence-electron chi connectivity index (χ3n) is 3.88. The average molecular weight is 355 g/mol. The summed E-state index contributed by atoms with van der Waals surface area (Å²) in [5, 5.41) is 11.9. The van der Waals surface area contributed by atoms with E-state index in [4.69, 9.17) is 5.11 Å². The predicted octanol–water partition coefficient (Wildman–Crippen LogP) is 5.09. The second-order valence-corrected chi connectivity index (χ2v) is 5.64. The SMILES string of the molecule is CCc1ccc(Nc2ccc(C(F)(F)F)c(F)c2C)c(CC(=O)O)c1. The van der Waals surface area contributed by atoms with Crippen LogP contribution in [0.15, 0.2) is 30.3 Å². The van der Waals surface area contributed by atoms with Gasteiger partial charge in [0.25, 0.3) is 0 Å². The number of aliphatic carboxylic acids is 1. The Morgan fingerprint density at radius 2 is 1.80 bits per heavy atom. The molecule has 7 heteroatoms. The molecule has 0 aliphatic rings. The van der Waals surface area contributed by atoms with Crippen molar-refractivity contribution in [2.75, 3.05) is 5.32 Å². The Kier molecular flexibility index (Phi) is 5.35. The van der Waals surface area contributed by atoms with Crippen LogP contribution in [0.4, 0.5) is 28.9 Å². The summed E-state index contributed by atoms with van der Waals surface area (Å²) in [6.07, 6.45) is -4.32. The summed E-state index contributed by atoms with van der Waals surface area (Å²) in [5.41, 5.74) is 0.463. The molecule has 2 aromatic rings. The van der Waals surface area contributed by atoms with Crippen LogP contribution in [0.25, 0.3) is 0 Å². The van der Waals surface area contributed by atoms with Crippen molar-refractivity contribution in [2.24, 2.45) is 0 Å². The van der Waals surface area contributed by atoms with Crippen LogP contribution in [0.2, 0.25) is 0 Å². The molecular weight excluding hydrogens is 338 g/mol. The molecule has 3 nitrogen and oxygen atoms in total. The molecule has 25 heavy (non-hydrogen) atoms. The van der Waals surface area contributed by atoms with Crippen LogP contribution in [-0.4, -0.2) is 11.1 Å². The van der Waals surface area contributed by atoms with Gasteiger partial charge in [-0.3, -0.25) is 4.79 Å². The number of carboxylic acid groups (broad SMARTS) is 1. The van der Waals surface area contributed by atoms with E-state index < -0.39 is 23.5 Å². The van der Waals surface area contributed by atoms with E-state index >= 15 is 0 Å². The highest BCUT2D eigenvalue weighted by Crippen LogP contribution is 2.35. The van der Waals surface area contributed by atoms with E-state index in [0.29, 0.717) is 23.7 Å². The van der Waals surface area contributed by atoms with Gasteiger partial charge in [0.15, 0.2) is 0 Å². The van der Waals surface area contributed by atoms with Crippen LogP contribution in [0.5, 0.6) is 0 Å². The summed E-state index contributed by atoms with van der Waals surface area (Å²) in [6.45, 7) is 3.16. The number of halogens is 4. The summed E-state index contributed by atoms with van der Waals surface area (Å²) >= 11 is 0. The summed E-state index contributed by atoms with van der Waals surface area (Å²) in [4.78, 5) is 11.0. The Morgan fingerprint density at radius 1 is 1.16 bits per heavy atom. The van der Waals surface area contributed by atoms with Gasteiger partial charge in [0.2, 0.25) is 0 Å². The first-order valence-corrected chi connectivity index (χ1v) is 7.60. The van der Waals surface area contributed by atoms with Crippen molar-refractivity contribution in [3.05, 3.63) is 58.4 Å². The molecule has 0 saturated carbocycles. The lowest BCUT2D eigenvalue weighted by Gasteiger charge is -2.17. The monoisotopic (exact) mass is 355 g/mol. The minimum atomic E-state index is -4.77. The molecule has 2 rings (SSSR count). The van der Waals surface area contributed by atoms with Gasteiger partial charge in [-0.1, -0.05) is 19.1 Å². The number of anilines is 2. The van der Waals surface area contributed by atoms with Gasteiger partial charge in [0, 0.05) is 16.9 Å². The van der Waals surface area contributed by atoms with Crippen LogP contribution in [-0.2, 0) is 23.8 Å². The van der Waals surface area contributed by atoms with Crippen LogP contribution >= 0.6 is 0 Å². The molecule has 0 fully saturated rings. The molecule has 0 saturated heterocycles. The zero-order valence-electron chi connectivity index (χ0n) is 13.7. The Hall–Kier alpha value is -2.57. The first-order valence-electron chi connectivity index (χ1n) is 7.60. The van der Waals surface area contributed by atoms with Crippen LogP contribution < -0.4 is 5.32 Å². The number of hydrogen-bond donors (Lipinski definition) is 2. The average Bonchev–Trinajstić information content (AvgIpc) is 2.51. The summed E-state index contributed by atoms with van der Waals surface area (Å²) < 4.78 is 52.3. The van der Waals surface area contributed by atoms with Gasteiger partial charge in [0.05, 0.1) is 12.0 Å². The number of rotatable bonds is 5. The number of alkyl halides is 3. The minimum Gasteiger partial charge on any atom is -0.481 e. The number of aryl methyl sites for hydroxylation is 1. The maximum atomic E-state index is 14.0. The topological polar surface area (TPSA) is 49.3 Å². The Balaban J connectivity index is 2.43. The second kappa shape index (κ2) is 7.13. The van der Waals surface area contributed by atoms with E-state index in [9.17, 15) is 22.4 Å². The predicted molar refractivity (Wildman–Crippen MR) is 86.6 cm³/mol. The van der Waals surface area contributed by atoms with Gasteiger partial charge in [-0.15, -0.1) is 0 Å². The smallest absolute Gasteiger partial charge is 0.419 e. The summed E-state index contributed by atoms with van der Waals surface area (Å²) in [5.74, 6) is -2.38. The molecule has 0 amide bonds. The standard InChI is InChI=1S/C18H17F4NO2/c1-3-11-4-6-15(12(8-11)9-16(24)25)23-14-7-5-13(18(20,21)22)17(19)10(14)2/h4-8,23H,3,9H2,1-2H3,(H,24,25). The maximum Gasteiger partial charge on any atom is 0.419 e. The molecule has 0 aliphatic heterocycles. The lowest BCUT2D eigenvalue weighted by atomic mass is 10.0. The number of carboxylic acids is 1. The summed E-state index contributed by atoms with van der Waals surface area (Å²) in [7, 11) is 0. The number of hydrogen-bond acceptors (Lipinski definition) is 2. The molecule has 0 aromatic heterocycles. The molecule has 0 bridgehead atoms.